The van der Waals surface area contributed by atoms with Crippen molar-refractivity contribution in [2.45, 2.75) is 20.4 Å². The van der Waals surface area contributed by atoms with Gasteiger partial charge in [-0.1, -0.05) is 6.07 Å². The predicted octanol–water partition coefficient (Wildman–Crippen LogP) is 3.56. The SMILES string of the molecule is Cc1ccsc1CNc1cccc(N)c1C. The van der Waals surface area contributed by atoms with E-state index in [0.29, 0.717) is 0 Å². The summed E-state index contributed by atoms with van der Waals surface area (Å²) in [5.41, 5.74) is 10.3. The average Bonchev–Trinajstić information content (AvgIpc) is 2.67. The minimum Gasteiger partial charge on any atom is -0.398 e. The van der Waals surface area contributed by atoms with E-state index >= 15 is 0 Å². The summed E-state index contributed by atoms with van der Waals surface area (Å²) < 4.78 is 0. The number of nitrogens with one attached hydrogen (secondary N) is 1. The first-order valence-corrected chi connectivity index (χ1v) is 6.18. The first-order chi connectivity index (χ1) is 7.68. The van der Waals surface area contributed by atoms with Gasteiger partial charge in [0, 0.05) is 22.8 Å². The summed E-state index contributed by atoms with van der Waals surface area (Å²) in [6.45, 7) is 5.05. The van der Waals surface area contributed by atoms with Crippen molar-refractivity contribution in [1.29, 1.82) is 0 Å². The van der Waals surface area contributed by atoms with Crippen LogP contribution < -0.4 is 11.1 Å². The summed E-state index contributed by atoms with van der Waals surface area (Å²) >= 11 is 1.79. The summed E-state index contributed by atoms with van der Waals surface area (Å²) in [5, 5.41) is 5.55. The largest absolute Gasteiger partial charge is 0.398 e. The summed E-state index contributed by atoms with van der Waals surface area (Å²) in [7, 11) is 0. The van der Waals surface area contributed by atoms with Gasteiger partial charge in [-0.25, -0.2) is 0 Å². The number of thiophene rings is 1. The van der Waals surface area contributed by atoms with E-state index in [9.17, 15) is 0 Å². The molecule has 0 bridgehead atoms. The Balaban J connectivity index is 2.11. The van der Waals surface area contributed by atoms with E-state index in [0.717, 1.165) is 23.5 Å². The van der Waals surface area contributed by atoms with Crippen LogP contribution in [0.4, 0.5) is 11.4 Å². The highest BCUT2D eigenvalue weighted by atomic mass is 32.1. The topological polar surface area (TPSA) is 38.0 Å². The highest BCUT2D eigenvalue weighted by Gasteiger charge is 2.02. The minimum atomic E-state index is 0.841. The molecule has 0 aliphatic heterocycles. The molecule has 0 saturated carbocycles. The second-order valence-electron chi connectivity index (χ2n) is 3.90. The van der Waals surface area contributed by atoms with Crippen LogP contribution in [0, 0.1) is 13.8 Å². The van der Waals surface area contributed by atoms with Crippen LogP contribution in [0.5, 0.6) is 0 Å². The Hall–Kier alpha value is -1.48. The first-order valence-electron chi connectivity index (χ1n) is 5.30. The van der Waals surface area contributed by atoms with Crippen molar-refractivity contribution in [2.75, 3.05) is 11.1 Å². The third-order valence-corrected chi connectivity index (χ3v) is 3.81. The van der Waals surface area contributed by atoms with Crippen molar-refractivity contribution in [2.24, 2.45) is 0 Å². The molecule has 3 N–H and O–H groups in total. The molecule has 0 aliphatic rings. The van der Waals surface area contributed by atoms with Gasteiger partial charge in [0.1, 0.15) is 0 Å². The molecule has 0 amide bonds. The Morgan fingerprint density at radius 1 is 1.25 bits per heavy atom. The van der Waals surface area contributed by atoms with Crippen molar-refractivity contribution in [3.63, 3.8) is 0 Å². The van der Waals surface area contributed by atoms with Gasteiger partial charge in [-0.3, -0.25) is 0 Å². The van der Waals surface area contributed by atoms with Crippen LogP contribution in [-0.4, -0.2) is 0 Å². The molecule has 1 aromatic heterocycles. The van der Waals surface area contributed by atoms with Gasteiger partial charge >= 0.3 is 0 Å². The van der Waals surface area contributed by atoms with Gasteiger partial charge in [-0.05, 0) is 48.6 Å². The van der Waals surface area contributed by atoms with E-state index in [4.69, 9.17) is 5.73 Å². The summed E-state index contributed by atoms with van der Waals surface area (Å²) in [6.07, 6.45) is 0. The standard InChI is InChI=1S/C13H16N2S/c1-9-6-7-16-13(9)8-15-12-5-3-4-11(14)10(12)2/h3-7,15H,8,14H2,1-2H3. The zero-order chi connectivity index (χ0) is 11.5. The molecule has 0 unspecified atom stereocenters. The van der Waals surface area contributed by atoms with E-state index < -0.39 is 0 Å². The van der Waals surface area contributed by atoms with Crippen molar-refractivity contribution >= 4 is 22.7 Å². The van der Waals surface area contributed by atoms with Gasteiger partial charge in [-0.2, -0.15) is 0 Å². The Morgan fingerprint density at radius 2 is 2.06 bits per heavy atom. The molecule has 2 nitrogen and oxygen atoms in total. The lowest BCUT2D eigenvalue weighted by Gasteiger charge is -2.10. The average molecular weight is 232 g/mol. The van der Waals surface area contributed by atoms with Gasteiger partial charge in [0.2, 0.25) is 0 Å². The van der Waals surface area contributed by atoms with Crippen LogP contribution in [0.25, 0.3) is 0 Å². The maximum atomic E-state index is 5.86. The molecule has 2 rings (SSSR count). The Bertz CT molecular complexity index is 488. The lowest BCUT2D eigenvalue weighted by Crippen LogP contribution is -2.02. The minimum absolute atomic E-state index is 0.841. The van der Waals surface area contributed by atoms with Gasteiger partial charge in [0.25, 0.3) is 0 Å². The highest BCUT2D eigenvalue weighted by molar-refractivity contribution is 7.10. The van der Waals surface area contributed by atoms with Crippen LogP contribution in [0.3, 0.4) is 0 Å². The summed E-state index contributed by atoms with van der Waals surface area (Å²) in [6, 6.07) is 8.12. The molecule has 0 radical (unpaired) electrons. The molecule has 0 fully saturated rings. The van der Waals surface area contributed by atoms with Crippen LogP contribution in [-0.2, 0) is 6.54 Å². The van der Waals surface area contributed by atoms with Crippen molar-refractivity contribution in [3.05, 3.63) is 45.6 Å². The van der Waals surface area contributed by atoms with Crippen LogP contribution in [0.1, 0.15) is 16.0 Å². The van der Waals surface area contributed by atoms with Gasteiger partial charge in [-0.15, -0.1) is 11.3 Å². The second-order valence-corrected chi connectivity index (χ2v) is 4.90. The molecule has 0 aliphatic carbocycles. The predicted molar refractivity (Wildman–Crippen MR) is 72.0 cm³/mol. The Kier molecular flexibility index (Phi) is 3.15. The second kappa shape index (κ2) is 4.58. The zero-order valence-corrected chi connectivity index (χ0v) is 10.4. The molecule has 3 heteroatoms. The molecule has 16 heavy (non-hydrogen) atoms. The molecule has 1 heterocycles. The van der Waals surface area contributed by atoms with E-state index in [2.05, 4.69) is 29.8 Å². The molecule has 1 aromatic carbocycles. The van der Waals surface area contributed by atoms with Crippen molar-refractivity contribution < 1.29 is 0 Å². The van der Waals surface area contributed by atoms with Gasteiger partial charge in [0.15, 0.2) is 0 Å². The Morgan fingerprint density at radius 3 is 2.75 bits per heavy atom. The van der Waals surface area contributed by atoms with Gasteiger partial charge in [0.05, 0.1) is 0 Å². The molecular formula is C13H16N2S. The first kappa shape index (κ1) is 11.0. The van der Waals surface area contributed by atoms with Crippen molar-refractivity contribution in [3.8, 4) is 0 Å². The summed E-state index contributed by atoms with van der Waals surface area (Å²) in [4.78, 5) is 1.38. The van der Waals surface area contributed by atoms with E-state index in [1.54, 1.807) is 11.3 Å². The third kappa shape index (κ3) is 2.19. The molecule has 84 valence electrons. The van der Waals surface area contributed by atoms with Crippen LogP contribution in [0.2, 0.25) is 0 Å². The highest BCUT2D eigenvalue weighted by Crippen LogP contribution is 2.23. The fraction of sp³-hybridized carbons (Fsp3) is 0.231. The fourth-order valence-electron chi connectivity index (χ4n) is 1.61. The lowest BCUT2D eigenvalue weighted by atomic mass is 10.1. The number of nitrogen functional groups attached to an aromatic ring is 1. The molecule has 2 aromatic rings. The molecule has 0 saturated heterocycles. The number of aryl methyl sites for hydroxylation is 1. The quantitative estimate of drug-likeness (QED) is 0.794. The maximum absolute atomic E-state index is 5.86. The monoisotopic (exact) mass is 232 g/mol. The van der Waals surface area contributed by atoms with E-state index in [1.807, 2.05) is 19.1 Å². The van der Waals surface area contributed by atoms with E-state index in [-0.39, 0.29) is 0 Å². The number of benzene rings is 1. The van der Waals surface area contributed by atoms with Crippen LogP contribution in [0.15, 0.2) is 29.6 Å². The van der Waals surface area contributed by atoms with Gasteiger partial charge < -0.3 is 11.1 Å². The Labute approximate surface area is 100 Å². The van der Waals surface area contributed by atoms with Crippen LogP contribution >= 0.6 is 11.3 Å². The third-order valence-electron chi connectivity index (χ3n) is 2.78. The van der Waals surface area contributed by atoms with E-state index in [1.165, 1.54) is 10.4 Å². The van der Waals surface area contributed by atoms with Crippen molar-refractivity contribution in [1.82, 2.24) is 0 Å². The molecule has 0 atom stereocenters. The smallest absolute Gasteiger partial charge is 0.0496 e. The fourth-order valence-corrected chi connectivity index (χ4v) is 2.45. The number of anilines is 2. The molecular weight excluding hydrogens is 216 g/mol. The normalized spacial score (nSPS) is 10.4. The number of hydrogen-bond acceptors (Lipinski definition) is 3. The molecule has 0 spiro atoms. The summed E-state index contributed by atoms with van der Waals surface area (Å²) in [5.74, 6) is 0. The zero-order valence-electron chi connectivity index (χ0n) is 9.58. The maximum Gasteiger partial charge on any atom is 0.0496 e. The number of nitrogens with two attached hydrogens (primary N) is 1. The number of rotatable bonds is 3. The number of hydrogen-bond donors (Lipinski definition) is 2. The lowest BCUT2D eigenvalue weighted by molar-refractivity contribution is 1.16.